The molecule has 3 heteroatoms. The van der Waals surface area contributed by atoms with Crippen molar-refractivity contribution in [2.75, 3.05) is 6.61 Å². The summed E-state index contributed by atoms with van der Waals surface area (Å²) in [6.07, 6.45) is 0. The minimum atomic E-state index is -2.81. The Morgan fingerprint density at radius 2 is 1.62 bits per heavy atom. The van der Waals surface area contributed by atoms with Crippen LogP contribution in [-0.2, 0) is 11.3 Å². The molecule has 0 N–H and O–H groups in total. The monoisotopic (exact) mass is 290 g/mol. The summed E-state index contributed by atoms with van der Waals surface area (Å²) in [5, 5.41) is 0. The summed E-state index contributed by atoms with van der Waals surface area (Å²) < 4.78 is 33.2. The van der Waals surface area contributed by atoms with Crippen LogP contribution in [0.5, 0.6) is 0 Å². The molecule has 112 valence electrons. The van der Waals surface area contributed by atoms with E-state index >= 15 is 0 Å². The Hall–Kier alpha value is -1.74. The lowest BCUT2D eigenvalue weighted by atomic mass is 9.93. The normalized spacial score (nSPS) is 13.1. The number of halogens is 2. The molecular weight excluding hydrogens is 270 g/mol. The summed E-state index contributed by atoms with van der Waals surface area (Å²) in [6, 6.07) is 16.8. The molecule has 0 aliphatic carbocycles. The predicted octanol–water partition coefficient (Wildman–Crippen LogP) is 4.95. The van der Waals surface area contributed by atoms with Gasteiger partial charge in [0.25, 0.3) is 5.92 Å². The highest BCUT2D eigenvalue weighted by Crippen LogP contribution is 2.33. The van der Waals surface area contributed by atoms with Gasteiger partial charge in [-0.3, -0.25) is 0 Å². The molecule has 0 radical (unpaired) electrons. The van der Waals surface area contributed by atoms with Gasteiger partial charge in [0, 0.05) is 6.92 Å². The summed E-state index contributed by atoms with van der Waals surface area (Å²) in [5.74, 6) is -3.74. The van der Waals surface area contributed by atoms with Crippen LogP contribution < -0.4 is 0 Å². The lowest BCUT2D eigenvalue weighted by Crippen LogP contribution is -2.26. The molecule has 0 unspecified atom stereocenters. The molecule has 0 aliphatic rings. The van der Waals surface area contributed by atoms with Crippen molar-refractivity contribution in [2.24, 2.45) is 0 Å². The van der Waals surface area contributed by atoms with Crippen LogP contribution in [0.3, 0.4) is 0 Å². The van der Waals surface area contributed by atoms with Gasteiger partial charge in [0.15, 0.2) is 0 Å². The molecule has 2 aromatic rings. The molecule has 0 aromatic heterocycles. The van der Waals surface area contributed by atoms with E-state index in [0.29, 0.717) is 12.2 Å². The van der Waals surface area contributed by atoms with Crippen molar-refractivity contribution in [3.8, 4) is 0 Å². The standard InChI is InChI=1S/C18H20F2O/c1-14-8-10-16(11-9-14)17(18(2,19)20)13-21-12-15-6-4-3-5-7-15/h3-11,17H,12-13H2,1-2H3/t17-/m1/s1. The van der Waals surface area contributed by atoms with Crippen molar-refractivity contribution in [2.45, 2.75) is 32.3 Å². The SMILES string of the molecule is Cc1ccc([C@@H](COCc2ccccc2)C(C)(F)F)cc1. The molecule has 2 rings (SSSR count). The van der Waals surface area contributed by atoms with Crippen LogP contribution in [0.15, 0.2) is 54.6 Å². The topological polar surface area (TPSA) is 9.23 Å². The van der Waals surface area contributed by atoms with Crippen molar-refractivity contribution in [3.05, 3.63) is 71.3 Å². The maximum absolute atomic E-state index is 13.8. The summed E-state index contributed by atoms with van der Waals surface area (Å²) in [5.41, 5.74) is 2.66. The lowest BCUT2D eigenvalue weighted by Gasteiger charge is -2.24. The molecule has 0 heterocycles. The Kier molecular flexibility index (Phi) is 5.07. The van der Waals surface area contributed by atoms with Crippen LogP contribution in [0.25, 0.3) is 0 Å². The molecular formula is C18H20F2O. The van der Waals surface area contributed by atoms with E-state index in [9.17, 15) is 8.78 Å². The summed E-state index contributed by atoms with van der Waals surface area (Å²) in [7, 11) is 0. The maximum atomic E-state index is 13.8. The lowest BCUT2D eigenvalue weighted by molar-refractivity contribution is -0.0422. The second-order valence-electron chi connectivity index (χ2n) is 5.42. The number of rotatable bonds is 6. The Morgan fingerprint density at radius 1 is 1.00 bits per heavy atom. The van der Waals surface area contributed by atoms with Gasteiger partial charge in [0.2, 0.25) is 0 Å². The number of hydrogen-bond acceptors (Lipinski definition) is 1. The van der Waals surface area contributed by atoms with E-state index in [-0.39, 0.29) is 6.61 Å². The fourth-order valence-corrected chi connectivity index (χ4v) is 2.20. The molecule has 0 saturated heterocycles. The van der Waals surface area contributed by atoms with Gasteiger partial charge in [-0.05, 0) is 18.1 Å². The zero-order valence-corrected chi connectivity index (χ0v) is 12.4. The third-order valence-electron chi connectivity index (χ3n) is 3.49. The van der Waals surface area contributed by atoms with Gasteiger partial charge in [0.05, 0.1) is 19.1 Å². The number of benzene rings is 2. The molecule has 0 amide bonds. The molecule has 0 saturated carbocycles. The van der Waals surface area contributed by atoms with E-state index in [1.54, 1.807) is 12.1 Å². The van der Waals surface area contributed by atoms with Crippen molar-refractivity contribution in [1.29, 1.82) is 0 Å². The first-order chi connectivity index (χ1) is 9.97. The van der Waals surface area contributed by atoms with Gasteiger partial charge in [-0.15, -0.1) is 0 Å². The van der Waals surface area contributed by atoms with E-state index in [4.69, 9.17) is 4.74 Å². The second kappa shape index (κ2) is 6.81. The van der Waals surface area contributed by atoms with Crippen LogP contribution in [0.1, 0.15) is 29.5 Å². The van der Waals surface area contributed by atoms with E-state index in [1.807, 2.05) is 49.4 Å². The summed E-state index contributed by atoms with van der Waals surface area (Å²) in [6.45, 7) is 3.24. The average Bonchev–Trinajstić information content (AvgIpc) is 2.45. The molecule has 21 heavy (non-hydrogen) atoms. The molecule has 2 aromatic carbocycles. The second-order valence-corrected chi connectivity index (χ2v) is 5.42. The van der Waals surface area contributed by atoms with Gasteiger partial charge in [-0.1, -0.05) is 60.2 Å². The van der Waals surface area contributed by atoms with Crippen LogP contribution in [0.2, 0.25) is 0 Å². The highest BCUT2D eigenvalue weighted by Gasteiger charge is 2.35. The van der Waals surface area contributed by atoms with Crippen molar-refractivity contribution in [3.63, 3.8) is 0 Å². The summed E-state index contributed by atoms with van der Waals surface area (Å²) >= 11 is 0. The Balaban J connectivity index is 2.02. The smallest absolute Gasteiger partial charge is 0.254 e. The highest BCUT2D eigenvalue weighted by molar-refractivity contribution is 5.26. The average molecular weight is 290 g/mol. The molecule has 0 bridgehead atoms. The predicted molar refractivity (Wildman–Crippen MR) is 80.6 cm³/mol. The third kappa shape index (κ3) is 4.64. The van der Waals surface area contributed by atoms with Gasteiger partial charge in [0.1, 0.15) is 0 Å². The zero-order valence-electron chi connectivity index (χ0n) is 12.4. The van der Waals surface area contributed by atoms with E-state index in [0.717, 1.165) is 18.1 Å². The molecule has 0 fully saturated rings. The summed E-state index contributed by atoms with van der Waals surface area (Å²) in [4.78, 5) is 0. The first-order valence-electron chi connectivity index (χ1n) is 7.03. The molecule has 1 nitrogen and oxygen atoms in total. The molecule has 0 spiro atoms. The van der Waals surface area contributed by atoms with Gasteiger partial charge in [-0.25, -0.2) is 8.78 Å². The first kappa shape index (κ1) is 15.6. The number of alkyl halides is 2. The van der Waals surface area contributed by atoms with Crippen LogP contribution in [-0.4, -0.2) is 12.5 Å². The van der Waals surface area contributed by atoms with Crippen molar-refractivity contribution >= 4 is 0 Å². The fourth-order valence-electron chi connectivity index (χ4n) is 2.20. The Bertz CT molecular complexity index is 544. The van der Waals surface area contributed by atoms with Crippen LogP contribution >= 0.6 is 0 Å². The minimum Gasteiger partial charge on any atom is -0.376 e. The third-order valence-corrected chi connectivity index (χ3v) is 3.49. The van der Waals surface area contributed by atoms with Gasteiger partial charge in [-0.2, -0.15) is 0 Å². The molecule has 0 aliphatic heterocycles. The molecule has 1 atom stereocenters. The Labute approximate surface area is 124 Å². The van der Waals surface area contributed by atoms with Crippen LogP contribution in [0.4, 0.5) is 8.78 Å². The quantitative estimate of drug-likeness (QED) is 0.731. The Morgan fingerprint density at radius 3 is 2.19 bits per heavy atom. The van der Waals surface area contributed by atoms with E-state index < -0.39 is 11.8 Å². The first-order valence-corrected chi connectivity index (χ1v) is 7.03. The largest absolute Gasteiger partial charge is 0.376 e. The number of ether oxygens (including phenoxy) is 1. The van der Waals surface area contributed by atoms with E-state index in [2.05, 4.69) is 0 Å². The zero-order chi connectivity index (χ0) is 15.3. The van der Waals surface area contributed by atoms with Gasteiger partial charge < -0.3 is 4.74 Å². The van der Waals surface area contributed by atoms with E-state index in [1.165, 1.54) is 0 Å². The minimum absolute atomic E-state index is 0.00144. The number of aryl methyl sites for hydroxylation is 1. The van der Waals surface area contributed by atoms with Crippen molar-refractivity contribution < 1.29 is 13.5 Å². The number of hydrogen-bond donors (Lipinski definition) is 0. The fraction of sp³-hybridized carbons (Fsp3) is 0.333. The van der Waals surface area contributed by atoms with Crippen molar-refractivity contribution in [1.82, 2.24) is 0 Å². The maximum Gasteiger partial charge on any atom is 0.254 e. The van der Waals surface area contributed by atoms with Gasteiger partial charge >= 0.3 is 0 Å². The highest BCUT2D eigenvalue weighted by atomic mass is 19.3. The van der Waals surface area contributed by atoms with Crippen LogP contribution in [0, 0.1) is 6.92 Å².